The third kappa shape index (κ3) is 2.14. The molecule has 1 heterocycles. The van der Waals surface area contributed by atoms with Crippen LogP contribution in [-0.2, 0) is 9.53 Å². The molecule has 0 saturated heterocycles. The van der Waals surface area contributed by atoms with Gasteiger partial charge in [-0.1, -0.05) is 0 Å². The monoisotopic (exact) mass is 170 g/mol. The minimum atomic E-state index is -0.409. The van der Waals surface area contributed by atoms with Crippen LogP contribution in [0.15, 0.2) is 17.4 Å². The van der Waals surface area contributed by atoms with Crippen molar-refractivity contribution in [3.05, 3.63) is 17.6 Å². The minimum Gasteiger partial charge on any atom is -0.623 e. The number of hydrogen-bond donors (Lipinski definition) is 1. The Morgan fingerprint density at radius 2 is 2.58 bits per heavy atom. The van der Waals surface area contributed by atoms with Crippen molar-refractivity contribution in [3.8, 4) is 0 Å². The van der Waals surface area contributed by atoms with Crippen LogP contribution in [0.4, 0.5) is 0 Å². The molecule has 0 amide bonds. The molecular weight excluding hydrogens is 160 g/mol. The number of hydroxylamine groups is 2. The Morgan fingerprint density at radius 3 is 3.08 bits per heavy atom. The number of aliphatic imine (C=N–C) groups is 1. The number of ether oxygens (including phenoxy) is 1. The number of nitrogens with one attached hydrogen (secondary N) is 1. The van der Waals surface area contributed by atoms with Gasteiger partial charge >= 0.3 is 5.97 Å². The zero-order chi connectivity index (χ0) is 8.97. The minimum absolute atomic E-state index is 0.0281. The topological polar surface area (TPSA) is 66.2 Å². The molecular formula is C7H10N2O3. The summed E-state index contributed by atoms with van der Waals surface area (Å²) in [6, 6.07) is 0. The van der Waals surface area contributed by atoms with E-state index in [1.54, 1.807) is 6.92 Å². The fourth-order valence-electron chi connectivity index (χ4n) is 0.836. The second kappa shape index (κ2) is 3.99. The molecule has 1 aliphatic rings. The maximum atomic E-state index is 10.9. The van der Waals surface area contributed by atoms with Crippen molar-refractivity contribution in [2.45, 2.75) is 13.3 Å². The average Bonchev–Trinajstić information content (AvgIpc) is 2.37. The lowest BCUT2D eigenvalue weighted by molar-refractivity contribution is -0.682. The molecule has 66 valence electrons. The number of quaternary nitrogens is 1. The zero-order valence-electron chi connectivity index (χ0n) is 6.74. The van der Waals surface area contributed by atoms with E-state index < -0.39 is 5.97 Å². The molecule has 12 heavy (non-hydrogen) atoms. The van der Waals surface area contributed by atoms with Crippen LogP contribution in [0.3, 0.4) is 0 Å². The van der Waals surface area contributed by atoms with Crippen molar-refractivity contribution < 1.29 is 14.6 Å². The Hall–Kier alpha value is -1.20. The lowest BCUT2D eigenvalue weighted by Gasteiger charge is -2.12. The summed E-state index contributed by atoms with van der Waals surface area (Å²) in [7, 11) is 0. The summed E-state index contributed by atoms with van der Waals surface area (Å²) >= 11 is 0. The molecule has 1 rings (SSSR count). The van der Waals surface area contributed by atoms with Crippen LogP contribution in [0.5, 0.6) is 0 Å². The van der Waals surface area contributed by atoms with E-state index >= 15 is 0 Å². The fourth-order valence-corrected chi connectivity index (χ4v) is 0.836. The summed E-state index contributed by atoms with van der Waals surface area (Å²) in [4.78, 5) is 14.6. The van der Waals surface area contributed by atoms with Crippen LogP contribution in [0.1, 0.15) is 13.3 Å². The SMILES string of the molecule is CCOC(=O)CC1=NC=C[NH+]1[O-]. The van der Waals surface area contributed by atoms with E-state index in [1.807, 2.05) is 0 Å². The number of carbonyl (C=O) groups excluding carboxylic acids is 1. The Labute approximate surface area is 69.9 Å². The predicted octanol–water partition coefficient (Wildman–Crippen LogP) is -0.794. The molecule has 5 nitrogen and oxygen atoms in total. The van der Waals surface area contributed by atoms with Crippen LogP contribution in [0.2, 0.25) is 0 Å². The molecule has 0 bridgehead atoms. The first kappa shape index (κ1) is 8.89. The van der Waals surface area contributed by atoms with Gasteiger partial charge < -0.3 is 9.94 Å². The number of nitrogens with zero attached hydrogens (tertiary/aromatic N) is 1. The van der Waals surface area contributed by atoms with Gasteiger partial charge in [0.25, 0.3) is 0 Å². The number of hydrogen-bond acceptors (Lipinski definition) is 4. The highest BCUT2D eigenvalue weighted by molar-refractivity contribution is 5.93. The normalized spacial score (nSPS) is 20.8. The van der Waals surface area contributed by atoms with Gasteiger partial charge in [-0.25, -0.2) is 4.99 Å². The summed E-state index contributed by atoms with van der Waals surface area (Å²) < 4.78 is 4.65. The molecule has 1 N–H and O–H groups in total. The van der Waals surface area contributed by atoms with E-state index in [4.69, 9.17) is 0 Å². The first-order chi connectivity index (χ1) is 5.74. The van der Waals surface area contributed by atoms with Gasteiger partial charge in [-0.2, -0.15) is 0 Å². The summed E-state index contributed by atoms with van der Waals surface area (Å²) in [6.45, 7) is 2.04. The first-order valence-corrected chi connectivity index (χ1v) is 3.67. The smallest absolute Gasteiger partial charge is 0.317 e. The fraction of sp³-hybridized carbons (Fsp3) is 0.429. The first-order valence-electron chi connectivity index (χ1n) is 3.67. The molecule has 1 unspecified atom stereocenters. The van der Waals surface area contributed by atoms with Gasteiger partial charge in [0.1, 0.15) is 12.6 Å². The molecule has 1 atom stereocenters. The van der Waals surface area contributed by atoms with Crippen molar-refractivity contribution in [1.29, 1.82) is 0 Å². The molecule has 0 saturated carbocycles. The van der Waals surface area contributed by atoms with Gasteiger partial charge in [0.2, 0.25) is 5.84 Å². The van der Waals surface area contributed by atoms with E-state index in [1.165, 1.54) is 12.4 Å². The van der Waals surface area contributed by atoms with Crippen LogP contribution in [0.25, 0.3) is 0 Å². The number of esters is 1. The second-order valence-electron chi connectivity index (χ2n) is 2.24. The van der Waals surface area contributed by atoms with Gasteiger partial charge in [-0.3, -0.25) is 9.86 Å². The molecule has 0 aromatic rings. The third-order valence-corrected chi connectivity index (χ3v) is 1.36. The Bertz CT molecular complexity index is 235. The highest BCUT2D eigenvalue weighted by Gasteiger charge is 2.16. The van der Waals surface area contributed by atoms with Gasteiger partial charge in [0, 0.05) is 0 Å². The van der Waals surface area contributed by atoms with Crippen LogP contribution >= 0.6 is 0 Å². The molecule has 1 aliphatic heterocycles. The number of carbonyl (C=O) groups is 1. The van der Waals surface area contributed by atoms with Crippen LogP contribution < -0.4 is 5.06 Å². The highest BCUT2D eigenvalue weighted by Crippen LogP contribution is 1.90. The molecule has 5 heteroatoms. The Kier molecular flexibility index (Phi) is 2.95. The van der Waals surface area contributed by atoms with Crippen LogP contribution in [-0.4, -0.2) is 18.4 Å². The Morgan fingerprint density at radius 1 is 1.83 bits per heavy atom. The molecule has 0 radical (unpaired) electrons. The van der Waals surface area contributed by atoms with Crippen molar-refractivity contribution >= 4 is 11.8 Å². The number of rotatable bonds is 3. The Balaban J connectivity index is 2.37. The maximum Gasteiger partial charge on any atom is 0.317 e. The summed E-state index contributed by atoms with van der Waals surface area (Å²) in [5.41, 5.74) is 0. The molecule has 0 fully saturated rings. The lowest BCUT2D eigenvalue weighted by atomic mass is 10.4. The van der Waals surface area contributed by atoms with E-state index in [-0.39, 0.29) is 17.3 Å². The van der Waals surface area contributed by atoms with E-state index in [9.17, 15) is 10.0 Å². The quantitative estimate of drug-likeness (QED) is 0.445. The van der Waals surface area contributed by atoms with Crippen LogP contribution in [0, 0.1) is 5.21 Å². The van der Waals surface area contributed by atoms with Crippen molar-refractivity contribution in [2.75, 3.05) is 6.61 Å². The van der Waals surface area contributed by atoms with Gasteiger partial charge in [0.15, 0.2) is 0 Å². The molecule has 0 spiro atoms. The average molecular weight is 170 g/mol. The van der Waals surface area contributed by atoms with Crippen molar-refractivity contribution in [3.63, 3.8) is 0 Å². The lowest BCUT2D eigenvalue weighted by Crippen LogP contribution is -3.04. The zero-order valence-corrected chi connectivity index (χ0v) is 6.74. The van der Waals surface area contributed by atoms with E-state index in [2.05, 4.69) is 9.73 Å². The number of amidine groups is 1. The van der Waals surface area contributed by atoms with E-state index in [0.717, 1.165) is 0 Å². The molecule has 0 aliphatic carbocycles. The highest BCUT2D eigenvalue weighted by atomic mass is 16.5. The maximum absolute atomic E-state index is 10.9. The van der Waals surface area contributed by atoms with Gasteiger partial charge in [-0.15, -0.1) is 0 Å². The largest absolute Gasteiger partial charge is 0.623 e. The second-order valence-corrected chi connectivity index (χ2v) is 2.24. The third-order valence-electron chi connectivity index (χ3n) is 1.36. The summed E-state index contributed by atoms with van der Waals surface area (Å²) in [6.07, 6.45) is 2.69. The van der Waals surface area contributed by atoms with Crippen molar-refractivity contribution in [1.82, 2.24) is 0 Å². The van der Waals surface area contributed by atoms with Gasteiger partial charge in [0.05, 0.1) is 12.8 Å². The molecule has 0 aromatic carbocycles. The summed E-state index contributed by atoms with van der Waals surface area (Å²) in [5, 5.41) is 10.7. The van der Waals surface area contributed by atoms with Crippen molar-refractivity contribution in [2.24, 2.45) is 4.99 Å². The summed E-state index contributed by atoms with van der Waals surface area (Å²) in [5.74, 6) is -0.151. The molecule has 0 aromatic heterocycles. The van der Waals surface area contributed by atoms with E-state index in [0.29, 0.717) is 6.61 Å². The van der Waals surface area contributed by atoms with Gasteiger partial charge in [-0.05, 0) is 6.92 Å². The predicted molar refractivity (Wildman–Crippen MR) is 42.2 cm³/mol. The standard InChI is InChI=1S/C7H10N2O3/c1-2-12-7(10)5-6-8-3-4-9(6)11/h3-4,9H,2,5H2,1H3.